The van der Waals surface area contributed by atoms with Crippen LogP contribution in [-0.4, -0.2) is 42.1 Å². The molecule has 2 aliphatic rings. The van der Waals surface area contributed by atoms with Crippen LogP contribution in [0.1, 0.15) is 20.7 Å². The second-order valence-corrected chi connectivity index (χ2v) is 5.81. The first-order valence-electron chi connectivity index (χ1n) is 7.04. The quantitative estimate of drug-likeness (QED) is 0.331. The van der Waals surface area contributed by atoms with Crippen LogP contribution in [0.25, 0.3) is 0 Å². The van der Waals surface area contributed by atoms with Crippen LogP contribution in [0, 0.1) is 0 Å². The van der Waals surface area contributed by atoms with Crippen molar-refractivity contribution in [1.82, 2.24) is 4.90 Å². The van der Waals surface area contributed by atoms with E-state index >= 15 is 0 Å². The van der Waals surface area contributed by atoms with Crippen molar-refractivity contribution in [1.29, 1.82) is 0 Å². The highest BCUT2D eigenvalue weighted by Crippen LogP contribution is 2.31. The van der Waals surface area contributed by atoms with Gasteiger partial charge in [-0.2, -0.15) is 0 Å². The molecule has 0 unspecified atom stereocenters. The molecular weight excluding hydrogens is 389 g/mol. The molecule has 0 radical (unpaired) electrons. The lowest BCUT2D eigenvalue weighted by Gasteiger charge is -2.17. The maximum Gasteiger partial charge on any atom is 0.358 e. The predicted octanol–water partition coefficient (Wildman–Crippen LogP) is 1.89. The zero-order valence-electron chi connectivity index (χ0n) is 13.0. The fraction of sp³-hybridized carbons (Fsp3) is 0.125. The van der Waals surface area contributed by atoms with Gasteiger partial charge in [0.2, 0.25) is 0 Å². The van der Waals surface area contributed by atoms with E-state index in [1.54, 1.807) is 12.1 Å². The third-order valence-electron chi connectivity index (χ3n) is 3.54. The van der Waals surface area contributed by atoms with Crippen LogP contribution in [0.5, 0.6) is 0 Å². The second-order valence-electron chi connectivity index (χ2n) is 5.02. The minimum atomic E-state index is -1.41. The van der Waals surface area contributed by atoms with Gasteiger partial charge >= 0.3 is 11.9 Å². The summed E-state index contributed by atoms with van der Waals surface area (Å²) in [4.78, 5) is 49.0. The summed E-state index contributed by atoms with van der Waals surface area (Å²) in [6, 6.07) is 6.05. The third kappa shape index (κ3) is 2.83. The summed E-state index contributed by atoms with van der Waals surface area (Å²) in [6.07, 6.45) is -0.657. The Labute approximate surface area is 156 Å². The van der Waals surface area contributed by atoms with Gasteiger partial charge in [-0.15, -0.1) is 0 Å². The van der Waals surface area contributed by atoms with Gasteiger partial charge in [-0.1, -0.05) is 35.3 Å². The topological polar surface area (TPSA) is 99.2 Å². The van der Waals surface area contributed by atoms with Crippen molar-refractivity contribution in [2.75, 3.05) is 7.11 Å². The van der Waals surface area contributed by atoms with E-state index in [2.05, 4.69) is 4.74 Å². The molecule has 8 nitrogen and oxygen atoms in total. The van der Waals surface area contributed by atoms with Gasteiger partial charge in [-0.3, -0.25) is 9.59 Å². The van der Waals surface area contributed by atoms with Crippen molar-refractivity contribution >= 4 is 47.0 Å². The van der Waals surface area contributed by atoms with E-state index in [-0.39, 0.29) is 21.2 Å². The highest BCUT2D eigenvalue weighted by molar-refractivity contribution is 6.48. The van der Waals surface area contributed by atoms with Crippen molar-refractivity contribution in [3.05, 3.63) is 57.4 Å². The first kappa shape index (κ1) is 18.0. The zero-order valence-corrected chi connectivity index (χ0v) is 14.5. The first-order valence-corrected chi connectivity index (χ1v) is 7.80. The van der Waals surface area contributed by atoms with E-state index in [1.165, 1.54) is 12.1 Å². The van der Waals surface area contributed by atoms with Crippen LogP contribution in [0.15, 0.2) is 46.3 Å². The van der Waals surface area contributed by atoms with E-state index in [0.29, 0.717) is 4.90 Å². The minimum Gasteiger partial charge on any atom is -0.464 e. The van der Waals surface area contributed by atoms with Crippen LogP contribution >= 0.6 is 23.2 Å². The molecule has 1 aromatic carbocycles. The molecule has 1 aromatic rings. The normalized spacial score (nSPS) is 19.7. The number of ether oxygens (including phenoxy) is 3. The van der Waals surface area contributed by atoms with Gasteiger partial charge in [0.1, 0.15) is 16.3 Å². The lowest BCUT2D eigenvalue weighted by atomic mass is 10.1. The molecular formula is C16H9Cl2NO7. The Morgan fingerprint density at radius 3 is 2.19 bits per heavy atom. The van der Waals surface area contributed by atoms with Crippen molar-refractivity contribution in [2.45, 2.75) is 6.29 Å². The number of esters is 2. The molecule has 0 saturated carbocycles. The highest BCUT2D eigenvalue weighted by atomic mass is 35.5. The number of benzene rings is 1. The smallest absolute Gasteiger partial charge is 0.358 e. The molecule has 2 amide bonds. The molecule has 134 valence electrons. The van der Waals surface area contributed by atoms with Crippen molar-refractivity contribution in [3.8, 4) is 0 Å². The van der Waals surface area contributed by atoms with Gasteiger partial charge in [-0.05, 0) is 12.1 Å². The predicted molar refractivity (Wildman–Crippen MR) is 86.7 cm³/mol. The Morgan fingerprint density at radius 2 is 1.73 bits per heavy atom. The average molecular weight is 398 g/mol. The Morgan fingerprint density at radius 1 is 1.15 bits per heavy atom. The summed E-state index contributed by atoms with van der Waals surface area (Å²) in [5.41, 5.74) is -0.261. The van der Waals surface area contributed by atoms with Gasteiger partial charge in [0.25, 0.3) is 18.1 Å². The van der Waals surface area contributed by atoms with Crippen LogP contribution in [0.3, 0.4) is 0 Å². The number of hydrogen-bond donors (Lipinski definition) is 0. The molecule has 10 heteroatoms. The summed E-state index contributed by atoms with van der Waals surface area (Å²) in [5.74, 6) is -3.38. The van der Waals surface area contributed by atoms with Crippen LogP contribution in [0.2, 0.25) is 0 Å². The van der Waals surface area contributed by atoms with E-state index in [1.807, 2.05) is 0 Å². The Kier molecular flexibility index (Phi) is 4.71. The second kappa shape index (κ2) is 6.81. The number of rotatable bonds is 4. The van der Waals surface area contributed by atoms with Gasteiger partial charge < -0.3 is 14.2 Å². The van der Waals surface area contributed by atoms with Gasteiger partial charge in [0.15, 0.2) is 5.70 Å². The molecule has 0 saturated heterocycles. The number of carbonyl (C=O) groups is 4. The number of nitrogens with zero attached hydrogens (tertiary/aromatic N) is 1. The zero-order chi connectivity index (χ0) is 19.0. The van der Waals surface area contributed by atoms with Gasteiger partial charge in [0.05, 0.1) is 18.2 Å². The van der Waals surface area contributed by atoms with Crippen LogP contribution in [0.4, 0.5) is 0 Å². The Bertz CT molecular complexity index is 871. The summed E-state index contributed by atoms with van der Waals surface area (Å²) in [5, 5.41) is -0.607. The molecule has 0 spiro atoms. The SMILES string of the molecule is COC(=O)/C(=C/O[C@@H]1OC(=O)C(Cl)=C1Cl)N1C(=O)c2ccccc2C1=O. The maximum absolute atomic E-state index is 12.5. The third-order valence-corrected chi connectivity index (χ3v) is 4.36. The largest absolute Gasteiger partial charge is 0.464 e. The first-order chi connectivity index (χ1) is 12.4. The molecule has 2 aliphatic heterocycles. The number of amides is 2. The van der Waals surface area contributed by atoms with Crippen LogP contribution < -0.4 is 0 Å². The van der Waals surface area contributed by atoms with E-state index < -0.39 is 35.7 Å². The van der Waals surface area contributed by atoms with Crippen molar-refractivity contribution < 1.29 is 33.4 Å². The Balaban J connectivity index is 1.93. The van der Waals surface area contributed by atoms with Crippen molar-refractivity contribution in [2.24, 2.45) is 0 Å². The van der Waals surface area contributed by atoms with Gasteiger partial charge in [-0.25, -0.2) is 14.5 Å². The standard InChI is InChI=1S/C16H9Cl2NO7/c1-24-14(22)9(6-25-16-11(18)10(17)15(23)26-16)19-12(20)7-4-2-3-5-8(7)13(19)21/h2-6,16H,1H3/b9-6-/t16-/m1/s1. The number of imide groups is 1. The molecule has 0 bridgehead atoms. The molecule has 0 fully saturated rings. The Hall–Kier alpha value is -2.84. The molecule has 0 aliphatic carbocycles. The van der Waals surface area contributed by atoms with Crippen LogP contribution in [-0.2, 0) is 23.8 Å². The summed E-state index contributed by atoms with van der Waals surface area (Å²) >= 11 is 11.4. The number of hydrogen-bond acceptors (Lipinski definition) is 7. The molecule has 26 heavy (non-hydrogen) atoms. The maximum atomic E-state index is 12.5. The van der Waals surface area contributed by atoms with Gasteiger partial charge in [0, 0.05) is 0 Å². The fourth-order valence-electron chi connectivity index (χ4n) is 2.32. The summed E-state index contributed by atoms with van der Waals surface area (Å²) in [6.45, 7) is 0. The number of carbonyl (C=O) groups excluding carboxylic acids is 4. The molecule has 3 rings (SSSR count). The number of cyclic esters (lactones) is 1. The highest BCUT2D eigenvalue weighted by Gasteiger charge is 2.41. The summed E-state index contributed by atoms with van der Waals surface area (Å²) in [7, 11) is 1.06. The molecule has 0 aromatic heterocycles. The fourth-order valence-corrected chi connectivity index (χ4v) is 2.63. The number of halogens is 2. The van der Waals surface area contributed by atoms with E-state index in [4.69, 9.17) is 32.7 Å². The molecule has 1 atom stereocenters. The van der Waals surface area contributed by atoms with E-state index in [0.717, 1.165) is 13.4 Å². The minimum absolute atomic E-state index is 0.126. The number of methoxy groups -OCH3 is 1. The average Bonchev–Trinajstić information content (AvgIpc) is 3.04. The van der Waals surface area contributed by atoms with E-state index in [9.17, 15) is 19.2 Å². The lowest BCUT2D eigenvalue weighted by molar-refractivity contribution is -0.152. The molecule has 0 N–H and O–H groups in total. The lowest BCUT2D eigenvalue weighted by Crippen LogP contribution is -2.34. The monoisotopic (exact) mass is 397 g/mol. The van der Waals surface area contributed by atoms with Crippen molar-refractivity contribution in [3.63, 3.8) is 0 Å². The number of fused-ring (bicyclic) bond motifs is 1. The summed E-state index contributed by atoms with van der Waals surface area (Å²) < 4.78 is 14.5. The molecule has 2 heterocycles.